The minimum atomic E-state index is -1.60. The maximum Gasteiger partial charge on any atom is 0.186 e. The van der Waals surface area contributed by atoms with Gasteiger partial charge in [0.15, 0.2) is 25.0 Å². The fourth-order valence-corrected chi connectivity index (χ4v) is 26.4. The van der Waals surface area contributed by atoms with E-state index in [2.05, 4.69) is 82.8 Å². The van der Waals surface area contributed by atoms with Crippen LogP contribution in [0.25, 0.3) is 0 Å². The molecule has 0 bridgehead atoms. The molecule has 158 valence electrons. The molecule has 26 heavy (non-hydrogen) atoms. The number of rotatable bonds is 12. The fourth-order valence-electron chi connectivity index (χ4n) is 3.89. The lowest BCUT2D eigenvalue weighted by atomic mass is 10.5. The van der Waals surface area contributed by atoms with Crippen molar-refractivity contribution in [2.45, 2.75) is 103 Å². The van der Waals surface area contributed by atoms with Crippen LogP contribution in [0.1, 0.15) is 6.42 Å². The van der Waals surface area contributed by atoms with Gasteiger partial charge in [-0.3, -0.25) is 0 Å². The van der Waals surface area contributed by atoms with E-state index in [1.165, 1.54) is 31.1 Å². The van der Waals surface area contributed by atoms with E-state index in [1.807, 2.05) is 7.11 Å². The number of nitrogens with zero attached hydrogens (tertiary/aromatic N) is 1. The van der Waals surface area contributed by atoms with Crippen LogP contribution in [-0.4, -0.2) is 59.3 Å². The van der Waals surface area contributed by atoms with Gasteiger partial charge in [0, 0.05) is 7.11 Å². The molecule has 0 fully saturated rings. The minimum Gasteiger partial charge on any atom is -0.456 e. The van der Waals surface area contributed by atoms with Crippen molar-refractivity contribution in [2.24, 2.45) is 0 Å². The summed E-state index contributed by atoms with van der Waals surface area (Å²) in [5.74, 6) is 0. The molecule has 0 saturated heterocycles. The summed E-state index contributed by atoms with van der Waals surface area (Å²) in [4.78, 5) is 0. The van der Waals surface area contributed by atoms with Gasteiger partial charge in [-0.05, 0) is 70.4 Å². The average molecular weight is 452 g/mol. The monoisotopic (exact) mass is 451 g/mol. The molecule has 0 spiro atoms. The van der Waals surface area contributed by atoms with Crippen molar-refractivity contribution in [3.63, 3.8) is 0 Å². The standard InChI is InChI=1S/C18H49NO2Si5/c1-20-24(8,9)17-18-26(12,13)21-25(10,11)16-14-15-19(22(2,3)4)23(5,6)7/h14-18H2,1-13H3. The Bertz CT molecular complexity index is 414. The Morgan fingerprint density at radius 2 is 0.962 bits per heavy atom. The van der Waals surface area contributed by atoms with E-state index >= 15 is 0 Å². The third-order valence-corrected chi connectivity index (χ3v) is 23.4. The van der Waals surface area contributed by atoms with Gasteiger partial charge in [0.05, 0.1) is 0 Å². The Balaban J connectivity index is 4.69. The second-order valence-corrected chi connectivity index (χ2v) is 35.2. The number of hydrogen-bond acceptors (Lipinski definition) is 3. The summed E-state index contributed by atoms with van der Waals surface area (Å²) in [5, 5.41) is 0. The highest BCUT2D eigenvalue weighted by atomic mass is 28.4. The van der Waals surface area contributed by atoms with Gasteiger partial charge in [0.25, 0.3) is 0 Å². The molecule has 0 aromatic carbocycles. The Morgan fingerprint density at radius 1 is 0.577 bits per heavy atom. The van der Waals surface area contributed by atoms with Gasteiger partial charge in [-0.1, -0.05) is 39.3 Å². The normalized spacial score (nSPS) is 15.0. The molecule has 0 saturated carbocycles. The lowest BCUT2D eigenvalue weighted by Crippen LogP contribution is -2.59. The fraction of sp³-hybridized carbons (Fsp3) is 1.00. The molecule has 0 atom stereocenters. The van der Waals surface area contributed by atoms with Crippen LogP contribution in [0.3, 0.4) is 0 Å². The van der Waals surface area contributed by atoms with Crippen LogP contribution in [-0.2, 0) is 8.54 Å². The SMILES string of the molecule is CO[Si](C)(C)CC[Si](C)(C)O[Si](C)(C)CCCN([Si](C)(C)C)[Si](C)(C)C. The highest BCUT2D eigenvalue weighted by Gasteiger charge is 2.37. The topological polar surface area (TPSA) is 21.7 Å². The van der Waals surface area contributed by atoms with Gasteiger partial charge < -0.3 is 12.8 Å². The Kier molecular flexibility index (Phi) is 10.0. The van der Waals surface area contributed by atoms with Gasteiger partial charge in [-0.2, -0.15) is 0 Å². The lowest BCUT2D eigenvalue weighted by Gasteiger charge is -2.44. The molecule has 0 aromatic heterocycles. The van der Waals surface area contributed by atoms with Crippen molar-refractivity contribution >= 4 is 41.4 Å². The Morgan fingerprint density at radius 3 is 1.35 bits per heavy atom. The van der Waals surface area contributed by atoms with Gasteiger partial charge in [-0.25, -0.2) is 0 Å². The Hall–Kier alpha value is 0.964. The zero-order chi connectivity index (χ0) is 21.0. The quantitative estimate of drug-likeness (QED) is 0.311. The molecule has 0 aromatic rings. The first kappa shape index (κ1) is 27.0. The van der Waals surface area contributed by atoms with Gasteiger partial charge in [-0.15, -0.1) is 0 Å². The molecule has 0 aliphatic rings. The van der Waals surface area contributed by atoms with E-state index < -0.39 is 41.4 Å². The molecule has 8 heteroatoms. The van der Waals surface area contributed by atoms with Crippen molar-refractivity contribution in [2.75, 3.05) is 13.7 Å². The third kappa shape index (κ3) is 11.1. The molecule has 0 amide bonds. The van der Waals surface area contributed by atoms with Crippen molar-refractivity contribution < 1.29 is 8.54 Å². The molecular formula is C18H49NO2Si5. The number of hydrogen-bond donors (Lipinski definition) is 0. The summed E-state index contributed by atoms with van der Waals surface area (Å²) in [6.45, 7) is 30.6. The zero-order valence-corrected chi connectivity index (χ0v) is 25.3. The second kappa shape index (κ2) is 9.64. The van der Waals surface area contributed by atoms with Crippen molar-refractivity contribution in [1.82, 2.24) is 4.23 Å². The van der Waals surface area contributed by atoms with E-state index in [0.29, 0.717) is 0 Å². The summed E-state index contributed by atoms with van der Waals surface area (Å²) in [5.41, 5.74) is 0. The largest absolute Gasteiger partial charge is 0.456 e. The summed E-state index contributed by atoms with van der Waals surface area (Å²) >= 11 is 0. The maximum absolute atomic E-state index is 6.87. The van der Waals surface area contributed by atoms with Crippen LogP contribution in [0.2, 0.25) is 96.7 Å². The van der Waals surface area contributed by atoms with Crippen molar-refractivity contribution in [3.8, 4) is 0 Å². The van der Waals surface area contributed by atoms with Gasteiger partial charge in [0.2, 0.25) is 0 Å². The Labute approximate surface area is 170 Å². The van der Waals surface area contributed by atoms with Crippen LogP contribution >= 0.6 is 0 Å². The molecular weight excluding hydrogens is 403 g/mol. The first-order valence-corrected chi connectivity index (χ1v) is 26.6. The van der Waals surface area contributed by atoms with Crippen molar-refractivity contribution in [3.05, 3.63) is 0 Å². The first-order valence-electron chi connectivity index (χ1n) is 10.3. The van der Waals surface area contributed by atoms with Crippen LogP contribution in [0.5, 0.6) is 0 Å². The highest BCUT2D eigenvalue weighted by Crippen LogP contribution is 2.28. The van der Waals surface area contributed by atoms with E-state index in [1.54, 1.807) is 0 Å². The van der Waals surface area contributed by atoms with Gasteiger partial charge >= 0.3 is 0 Å². The highest BCUT2D eigenvalue weighted by molar-refractivity contribution is 6.89. The molecule has 0 N–H and O–H groups in total. The minimum absolute atomic E-state index is 1.23. The molecule has 0 aliphatic carbocycles. The van der Waals surface area contributed by atoms with E-state index in [4.69, 9.17) is 8.54 Å². The smallest absolute Gasteiger partial charge is 0.186 e. The van der Waals surface area contributed by atoms with Crippen LogP contribution in [0.4, 0.5) is 0 Å². The lowest BCUT2D eigenvalue weighted by molar-refractivity contribution is 0.404. The summed E-state index contributed by atoms with van der Waals surface area (Å²) in [6.07, 6.45) is 1.30. The van der Waals surface area contributed by atoms with Crippen LogP contribution in [0, 0.1) is 0 Å². The molecule has 0 radical (unpaired) electrons. The van der Waals surface area contributed by atoms with E-state index in [0.717, 1.165) is 0 Å². The summed E-state index contributed by atoms with van der Waals surface area (Å²) < 4.78 is 15.5. The van der Waals surface area contributed by atoms with E-state index in [9.17, 15) is 0 Å². The predicted molar refractivity (Wildman–Crippen MR) is 133 cm³/mol. The van der Waals surface area contributed by atoms with E-state index in [-0.39, 0.29) is 0 Å². The van der Waals surface area contributed by atoms with Crippen LogP contribution in [0.15, 0.2) is 0 Å². The first-order chi connectivity index (χ1) is 11.3. The maximum atomic E-state index is 6.87. The molecule has 0 heterocycles. The molecule has 0 aliphatic heterocycles. The van der Waals surface area contributed by atoms with Crippen LogP contribution < -0.4 is 0 Å². The molecule has 3 nitrogen and oxygen atoms in total. The average Bonchev–Trinajstić information content (AvgIpc) is 2.38. The zero-order valence-electron chi connectivity index (χ0n) is 20.3. The summed E-state index contributed by atoms with van der Waals surface area (Å²) in [6, 6.07) is 3.76. The predicted octanol–water partition coefficient (Wildman–Crippen LogP) is 6.63. The second-order valence-electron chi connectivity index (χ2n) is 11.7. The van der Waals surface area contributed by atoms with Gasteiger partial charge in [0.1, 0.15) is 16.5 Å². The summed E-state index contributed by atoms with van der Waals surface area (Å²) in [7, 11) is -5.25. The van der Waals surface area contributed by atoms with Crippen molar-refractivity contribution in [1.29, 1.82) is 0 Å². The third-order valence-electron chi connectivity index (χ3n) is 5.21. The molecule has 0 rings (SSSR count). The molecule has 0 unspecified atom stereocenters.